The van der Waals surface area contributed by atoms with Crippen LogP contribution >= 0.6 is 8.18 Å². The van der Waals surface area contributed by atoms with Gasteiger partial charge in [0.1, 0.15) is 18.2 Å². The number of nitrogens with one attached hydrogen (secondary N) is 2. The number of aromatic amines is 1. The fraction of sp³-hybridized carbons (Fsp3) is 0.667. The highest BCUT2D eigenvalue weighted by atomic mass is 31.1. The van der Waals surface area contributed by atoms with Crippen molar-refractivity contribution in [2.45, 2.75) is 57.5 Å². The summed E-state index contributed by atoms with van der Waals surface area (Å²) in [5.41, 5.74) is -1.56. The van der Waals surface area contributed by atoms with Gasteiger partial charge in [-0.2, -0.15) is 0 Å². The number of aromatic nitrogens is 2. The van der Waals surface area contributed by atoms with Crippen molar-refractivity contribution >= 4 is 14.1 Å². The summed E-state index contributed by atoms with van der Waals surface area (Å²) in [6.07, 6.45) is -5.62. The van der Waals surface area contributed by atoms with Crippen LogP contribution in [0.5, 0.6) is 0 Å². The first-order valence-electron chi connectivity index (χ1n) is 8.53. The molecule has 1 aromatic heterocycles. The van der Waals surface area contributed by atoms with Crippen LogP contribution in [-0.4, -0.2) is 57.8 Å². The van der Waals surface area contributed by atoms with Gasteiger partial charge in [0.15, 0.2) is 12.4 Å². The van der Waals surface area contributed by atoms with E-state index < -0.39 is 62.7 Å². The third-order valence-corrected chi connectivity index (χ3v) is 4.94. The number of hydrogen-bond donors (Lipinski definition) is 3. The summed E-state index contributed by atoms with van der Waals surface area (Å²) in [6.45, 7) is 4.32. The number of ether oxygens (including phenoxy) is 2. The molecule has 1 saturated heterocycles. The van der Waals surface area contributed by atoms with Gasteiger partial charge in [0, 0.05) is 12.3 Å². The number of aliphatic hydroxyl groups is 1. The molecule has 6 atom stereocenters. The lowest BCUT2D eigenvalue weighted by atomic mass is 10.1. The maximum atomic E-state index is 14.3. The van der Waals surface area contributed by atoms with Gasteiger partial charge in [0.2, 0.25) is 0 Å². The molecule has 0 saturated carbocycles. The smallest absolute Gasteiger partial charge is 0.330 e. The molecule has 11 nitrogen and oxygen atoms in total. The molecule has 0 radical (unpaired) electrons. The number of halogens is 1. The highest BCUT2D eigenvalue weighted by Gasteiger charge is 2.45. The minimum absolute atomic E-state index is 0.336. The van der Waals surface area contributed by atoms with Crippen molar-refractivity contribution in [1.29, 1.82) is 0 Å². The molecule has 0 spiro atoms. The van der Waals surface area contributed by atoms with E-state index in [1.54, 1.807) is 13.8 Å². The fourth-order valence-corrected chi connectivity index (χ4v) is 3.33. The second kappa shape index (κ2) is 9.57. The molecule has 1 aliphatic rings. The van der Waals surface area contributed by atoms with E-state index in [1.807, 2.05) is 4.98 Å². The molecule has 2 rings (SSSR count). The van der Waals surface area contributed by atoms with Gasteiger partial charge in [-0.3, -0.25) is 23.7 Å². The van der Waals surface area contributed by atoms with E-state index in [9.17, 15) is 28.4 Å². The standard InChI is InChI=1S/C15H23FN3O8P/c1-7(2)26-14(22)8(3)18-28(24)25-6-9-12(21)11(16)13(27-9)19-5-4-10(20)17-15(19)23/h4-5,7-9,11-13,21,28H,6H2,1-3H3,(H,18,24)(H,17,20,23)/t8-,9+,11+,12+,13+/m0/s1. The minimum Gasteiger partial charge on any atom is -0.462 e. The molecule has 28 heavy (non-hydrogen) atoms. The third-order valence-electron chi connectivity index (χ3n) is 3.84. The summed E-state index contributed by atoms with van der Waals surface area (Å²) in [4.78, 5) is 36.5. The average molecular weight is 423 g/mol. The topological polar surface area (TPSA) is 149 Å². The molecule has 158 valence electrons. The first kappa shape index (κ1) is 22.4. The Morgan fingerprint density at radius 1 is 1.46 bits per heavy atom. The van der Waals surface area contributed by atoms with Crippen LogP contribution < -0.4 is 16.3 Å². The normalized spacial score (nSPS) is 26.9. The number of hydrogen-bond acceptors (Lipinski definition) is 8. The molecule has 0 bridgehead atoms. The van der Waals surface area contributed by atoms with Gasteiger partial charge >= 0.3 is 11.7 Å². The van der Waals surface area contributed by atoms with Crippen LogP contribution in [0.4, 0.5) is 4.39 Å². The number of carbonyl (C=O) groups excluding carboxylic acids is 1. The number of aliphatic hydroxyl groups excluding tert-OH is 1. The summed E-state index contributed by atoms with van der Waals surface area (Å²) in [6, 6.07) is 0.109. The highest BCUT2D eigenvalue weighted by molar-refractivity contribution is 7.36. The molecule has 0 amide bonds. The minimum atomic E-state index is -2.92. The maximum absolute atomic E-state index is 14.3. The van der Waals surface area contributed by atoms with Crippen LogP contribution in [-0.2, 0) is 23.4 Å². The summed E-state index contributed by atoms with van der Waals surface area (Å²) in [5, 5.41) is 12.4. The molecule has 2 heterocycles. The van der Waals surface area contributed by atoms with Crippen molar-refractivity contribution in [3.05, 3.63) is 33.1 Å². The first-order chi connectivity index (χ1) is 13.1. The van der Waals surface area contributed by atoms with Crippen molar-refractivity contribution in [2.75, 3.05) is 6.61 Å². The van der Waals surface area contributed by atoms with Crippen LogP contribution in [0, 0.1) is 0 Å². The number of esters is 1. The summed E-state index contributed by atoms with van der Waals surface area (Å²) in [7, 11) is -2.92. The Bertz CT molecular complexity index is 828. The fourth-order valence-electron chi connectivity index (χ4n) is 2.46. The first-order valence-corrected chi connectivity index (χ1v) is 9.84. The van der Waals surface area contributed by atoms with E-state index in [4.69, 9.17) is 14.0 Å². The van der Waals surface area contributed by atoms with Gasteiger partial charge in [-0.25, -0.2) is 14.3 Å². The second-order valence-corrected chi connectivity index (χ2v) is 7.62. The lowest BCUT2D eigenvalue weighted by Crippen LogP contribution is -2.35. The van der Waals surface area contributed by atoms with E-state index in [2.05, 4.69) is 5.09 Å². The molecular weight excluding hydrogens is 400 g/mol. The molecule has 1 aromatic rings. The van der Waals surface area contributed by atoms with Gasteiger partial charge in [0.05, 0.1) is 12.7 Å². The monoisotopic (exact) mass is 423 g/mol. The second-order valence-electron chi connectivity index (χ2n) is 6.47. The Morgan fingerprint density at radius 2 is 2.14 bits per heavy atom. The summed E-state index contributed by atoms with van der Waals surface area (Å²) < 4.78 is 42.4. The average Bonchev–Trinajstić information content (AvgIpc) is 2.87. The highest BCUT2D eigenvalue weighted by Crippen LogP contribution is 2.32. The lowest BCUT2D eigenvalue weighted by molar-refractivity contribution is -0.149. The molecule has 13 heteroatoms. The maximum Gasteiger partial charge on any atom is 0.330 e. The van der Waals surface area contributed by atoms with Gasteiger partial charge in [-0.1, -0.05) is 0 Å². The summed E-state index contributed by atoms with van der Waals surface area (Å²) >= 11 is 0. The quantitative estimate of drug-likeness (QED) is 0.370. The zero-order valence-corrected chi connectivity index (χ0v) is 16.5. The van der Waals surface area contributed by atoms with Crippen LogP contribution in [0.2, 0.25) is 0 Å². The van der Waals surface area contributed by atoms with Crippen LogP contribution in [0.3, 0.4) is 0 Å². The van der Waals surface area contributed by atoms with Crippen LogP contribution in [0.25, 0.3) is 0 Å². The third kappa shape index (κ3) is 5.58. The molecule has 0 aromatic carbocycles. The number of nitrogens with zero attached hydrogens (tertiary/aromatic N) is 1. The molecule has 1 fully saturated rings. The van der Waals surface area contributed by atoms with Crippen molar-refractivity contribution in [2.24, 2.45) is 0 Å². The van der Waals surface area contributed by atoms with E-state index in [1.165, 1.54) is 6.92 Å². The number of carbonyl (C=O) groups is 1. The van der Waals surface area contributed by atoms with Gasteiger partial charge < -0.3 is 19.1 Å². The van der Waals surface area contributed by atoms with Gasteiger partial charge in [0.25, 0.3) is 13.7 Å². The van der Waals surface area contributed by atoms with E-state index >= 15 is 0 Å². The molecule has 3 N–H and O–H groups in total. The van der Waals surface area contributed by atoms with Crippen molar-refractivity contribution in [3.63, 3.8) is 0 Å². The SMILES string of the molecule is CC(C)OC(=O)[C@H](C)N[PH](=O)OC[C@H]1O[C@@H](n2ccc(=O)[nH]c2=O)[C@H](F)[C@@H]1O. The number of H-pyrrole nitrogens is 1. The van der Waals surface area contributed by atoms with E-state index in [-0.39, 0.29) is 6.10 Å². The lowest BCUT2D eigenvalue weighted by Gasteiger charge is -2.17. The van der Waals surface area contributed by atoms with E-state index in [0.29, 0.717) is 0 Å². The largest absolute Gasteiger partial charge is 0.462 e. The molecular formula is C15H23FN3O8P. The van der Waals surface area contributed by atoms with Crippen LogP contribution in [0.15, 0.2) is 21.9 Å². The molecule has 1 aliphatic heterocycles. The van der Waals surface area contributed by atoms with Gasteiger partial charge in [-0.05, 0) is 20.8 Å². The predicted octanol–water partition coefficient (Wildman–Crippen LogP) is -0.531. The van der Waals surface area contributed by atoms with Gasteiger partial charge in [-0.15, -0.1) is 0 Å². The zero-order valence-electron chi connectivity index (χ0n) is 15.5. The predicted molar refractivity (Wildman–Crippen MR) is 94.9 cm³/mol. The Labute approximate surface area is 159 Å². The summed E-state index contributed by atoms with van der Waals surface area (Å²) in [5.74, 6) is -0.615. The Hall–Kier alpha value is -1.85. The Balaban J connectivity index is 1.92. The van der Waals surface area contributed by atoms with E-state index in [0.717, 1.165) is 16.8 Å². The Morgan fingerprint density at radius 3 is 2.75 bits per heavy atom. The van der Waals surface area contributed by atoms with Crippen molar-refractivity contribution < 1.29 is 32.9 Å². The van der Waals surface area contributed by atoms with Crippen molar-refractivity contribution in [1.82, 2.24) is 14.6 Å². The molecule has 1 unspecified atom stereocenters. The molecule has 0 aliphatic carbocycles. The number of rotatable bonds is 8. The number of alkyl halides is 1. The zero-order chi connectivity index (χ0) is 21.0. The Kier molecular flexibility index (Phi) is 7.67. The van der Waals surface area contributed by atoms with Crippen molar-refractivity contribution in [3.8, 4) is 0 Å². The van der Waals surface area contributed by atoms with Crippen LogP contribution in [0.1, 0.15) is 27.0 Å².